The summed E-state index contributed by atoms with van der Waals surface area (Å²) in [6, 6.07) is 1.69. The number of rotatable bonds is 6. The highest BCUT2D eigenvalue weighted by atomic mass is 32.2. The third-order valence-electron chi connectivity index (χ3n) is 2.00. The molecule has 1 amide bonds. The summed E-state index contributed by atoms with van der Waals surface area (Å²) in [5, 5.41) is 21.6. The number of thioether (sulfide) groups is 1. The quantitative estimate of drug-likeness (QED) is 0.447. The van der Waals surface area contributed by atoms with Crippen molar-refractivity contribution in [3.63, 3.8) is 0 Å². The fraction of sp³-hybridized carbons (Fsp3) is 0.300. The van der Waals surface area contributed by atoms with E-state index in [1.165, 1.54) is 25.3 Å². The van der Waals surface area contributed by atoms with Crippen LogP contribution in [0.2, 0.25) is 0 Å². The van der Waals surface area contributed by atoms with Crippen LogP contribution >= 0.6 is 11.8 Å². The molecule has 0 spiro atoms. The lowest BCUT2D eigenvalue weighted by molar-refractivity contribution is -0.389. The second-order valence-electron chi connectivity index (χ2n) is 3.51. The molecule has 1 aromatic rings. The summed E-state index contributed by atoms with van der Waals surface area (Å²) in [6.45, 7) is 1.23. The minimum absolute atomic E-state index is 0.106. The lowest BCUT2D eigenvalue weighted by Crippen LogP contribution is -2.41. The summed E-state index contributed by atoms with van der Waals surface area (Å²) in [6.07, 6.45) is 1.29. The smallest absolute Gasteiger partial charge is 0.363 e. The summed E-state index contributed by atoms with van der Waals surface area (Å²) >= 11 is 1.14. The first-order chi connectivity index (χ1) is 8.90. The van der Waals surface area contributed by atoms with Gasteiger partial charge in [-0.15, -0.1) is 11.8 Å². The van der Waals surface area contributed by atoms with Gasteiger partial charge in [-0.25, -0.2) is 4.79 Å². The molecule has 9 heteroatoms. The molecule has 2 N–H and O–H groups in total. The zero-order chi connectivity index (χ0) is 14.4. The van der Waals surface area contributed by atoms with Crippen LogP contribution in [0.1, 0.15) is 6.92 Å². The molecule has 1 heterocycles. The van der Waals surface area contributed by atoms with Gasteiger partial charge in [0.15, 0.2) is 6.20 Å². The second kappa shape index (κ2) is 6.69. The van der Waals surface area contributed by atoms with Crippen LogP contribution in [0.25, 0.3) is 0 Å². The van der Waals surface area contributed by atoms with Crippen molar-refractivity contribution in [1.29, 1.82) is 0 Å². The van der Waals surface area contributed by atoms with Gasteiger partial charge in [-0.2, -0.15) is 0 Å². The summed E-state index contributed by atoms with van der Waals surface area (Å²) in [4.78, 5) is 35.7. The Bertz CT molecular complexity index is 490. The molecule has 0 aliphatic rings. The van der Waals surface area contributed by atoms with Crippen molar-refractivity contribution in [3.05, 3.63) is 28.4 Å². The van der Waals surface area contributed by atoms with Crippen LogP contribution in [-0.2, 0) is 9.59 Å². The fourth-order valence-electron chi connectivity index (χ4n) is 1.17. The summed E-state index contributed by atoms with van der Waals surface area (Å²) in [5.74, 6) is -1.75. The molecule has 8 nitrogen and oxygen atoms in total. The Labute approximate surface area is 112 Å². The van der Waals surface area contributed by atoms with Crippen LogP contribution in [0, 0.1) is 10.1 Å². The maximum absolute atomic E-state index is 10.9. The Morgan fingerprint density at radius 3 is 2.68 bits per heavy atom. The molecule has 0 bridgehead atoms. The minimum Gasteiger partial charge on any atom is -0.480 e. The number of nitrogens with one attached hydrogen (secondary N) is 1. The molecule has 0 aromatic carbocycles. The third kappa shape index (κ3) is 4.92. The van der Waals surface area contributed by atoms with Gasteiger partial charge in [-0.3, -0.25) is 4.79 Å². The van der Waals surface area contributed by atoms with Crippen molar-refractivity contribution < 1.29 is 19.6 Å². The topological polar surface area (TPSA) is 122 Å². The highest BCUT2D eigenvalue weighted by Crippen LogP contribution is 2.19. The van der Waals surface area contributed by atoms with Crippen LogP contribution < -0.4 is 5.32 Å². The normalized spacial score (nSPS) is 11.6. The lowest BCUT2D eigenvalue weighted by Gasteiger charge is -2.11. The highest BCUT2D eigenvalue weighted by molar-refractivity contribution is 7.99. The first-order valence-corrected chi connectivity index (χ1v) is 6.12. The first-order valence-electron chi connectivity index (χ1n) is 5.13. The molecule has 19 heavy (non-hydrogen) atoms. The van der Waals surface area contributed by atoms with Crippen LogP contribution in [0.15, 0.2) is 23.2 Å². The monoisotopic (exact) mass is 285 g/mol. The third-order valence-corrected chi connectivity index (χ3v) is 3.07. The largest absolute Gasteiger partial charge is 0.480 e. The van der Waals surface area contributed by atoms with Gasteiger partial charge < -0.3 is 20.5 Å². The molecule has 1 aromatic heterocycles. The van der Waals surface area contributed by atoms with Crippen molar-refractivity contribution in [2.75, 3.05) is 5.75 Å². The minimum atomic E-state index is -1.14. The highest BCUT2D eigenvalue weighted by Gasteiger charge is 2.19. The Morgan fingerprint density at radius 1 is 1.58 bits per heavy atom. The molecule has 0 saturated heterocycles. The predicted molar refractivity (Wildman–Crippen MR) is 66.9 cm³/mol. The van der Waals surface area contributed by atoms with Gasteiger partial charge in [0.05, 0.1) is 4.90 Å². The second-order valence-corrected chi connectivity index (χ2v) is 4.60. The van der Waals surface area contributed by atoms with Gasteiger partial charge >= 0.3 is 11.8 Å². The van der Waals surface area contributed by atoms with E-state index >= 15 is 0 Å². The number of carbonyl (C=O) groups is 2. The average molecular weight is 285 g/mol. The van der Waals surface area contributed by atoms with Gasteiger partial charge in [0, 0.05) is 18.7 Å². The molecule has 102 valence electrons. The molecule has 0 saturated carbocycles. The lowest BCUT2D eigenvalue weighted by atomic mass is 10.3. The average Bonchev–Trinajstić information content (AvgIpc) is 2.34. The number of aromatic nitrogens is 1. The van der Waals surface area contributed by atoms with E-state index in [0.717, 1.165) is 11.8 Å². The van der Waals surface area contributed by atoms with Crippen LogP contribution in [-0.4, -0.2) is 38.7 Å². The molecule has 0 aliphatic carbocycles. The number of carboxylic acid groups (broad SMARTS) is 1. The summed E-state index contributed by atoms with van der Waals surface area (Å²) in [7, 11) is 0. The van der Waals surface area contributed by atoms with E-state index in [9.17, 15) is 19.7 Å². The Hall–Kier alpha value is -2.16. The van der Waals surface area contributed by atoms with Gasteiger partial charge in [0.25, 0.3) is 0 Å². The van der Waals surface area contributed by atoms with Crippen LogP contribution in [0.4, 0.5) is 5.82 Å². The van der Waals surface area contributed by atoms with E-state index in [4.69, 9.17) is 5.11 Å². The number of hydrogen-bond donors (Lipinski definition) is 2. The number of pyridine rings is 1. The predicted octanol–water partition coefficient (Wildman–Crippen LogP) is 0.671. The molecular weight excluding hydrogens is 274 g/mol. The van der Waals surface area contributed by atoms with Crippen LogP contribution in [0.5, 0.6) is 0 Å². The van der Waals surface area contributed by atoms with Crippen LogP contribution in [0.3, 0.4) is 0 Å². The van der Waals surface area contributed by atoms with Crippen molar-refractivity contribution in [3.8, 4) is 0 Å². The van der Waals surface area contributed by atoms with Gasteiger partial charge in [-0.1, -0.05) is 0 Å². The summed E-state index contributed by atoms with van der Waals surface area (Å²) in [5.41, 5.74) is 0. The number of carbonyl (C=O) groups excluding carboxylic acids is 1. The van der Waals surface area contributed by atoms with E-state index in [1.54, 1.807) is 0 Å². The van der Waals surface area contributed by atoms with Gasteiger partial charge in [-0.05, 0) is 16.0 Å². The molecule has 0 radical (unpaired) electrons. The zero-order valence-electron chi connectivity index (χ0n) is 9.90. The molecule has 0 aliphatic heterocycles. The van der Waals surface area contributed by atoms with E-state index in [1.807, 2.05) is 0 Å². The van der Waals surface area contributed by atoms with Crippen molar-refractivity contribution in [2.24, 2.45) is 0 Å². The number of nitro groups is 1. The number of hydrogen-bond acceptors (Lipinski definition) is 6. The van der Waals surface area contributed by atoms with E-state index in [0.29, 0.717) is 4.90 Å². The number of amides is 1. The first kappa shape index (κ1) is 14.9. The van der Waals surface area contributed by atoms with Crippen molar-refractivity contribution in [1.82, 2.24) is 10.3 Å². The number of aliphatic carboxylic acids is 1. The molecule has 1 atom stereocenters. The fourth-order valence-corrected chi connectivity index (χ4v) is 2.04. The Balaban J connectivity index is 2.61. The SMILES string of the molecule is CC(=O)N[C@@H](CSc1ccc([N+](=O)[O-])nc1)C(=O)O. The maximum atomic E-state index is 10.9. The molecule has 0 fully saturated rings. The molecule has 1 rings (SSSR count). The Morgan fingerprint density at radius 2 is 2.26 bits per heavy atom. The number of nitrogens with zero attached hydrogens (tertiary/aromatic N) is 2. The van der Waals surface area contributed by atoms with Gasteiger partial charge in [0.2, 0.25) is 5.91 Å². The van der Waals surface area contributed by atoms with E-state index in [2.05, 4.69) is 10.3 Å². The van der Waals surface area contributed by atoms with Crippen molar-refractivity contribution >= 4 is 29.5 Å². The van der Waals surface area contributed by atoms with Gasteiger partial charge in [0.1, 0.15) is 6.04 Å². The standard InChI is InChI=1S/C10H11N3O5S/c1-6(14)12-8(10(15)16)5-19-7-2-3-9(11-4-7)13(17)18/h2-4,8H,5H2,1H3,(H,12,14)(H,15,16)/t8-/m0/s1. The zero-order valence-corrected chi connectivity index (χ0v) is 10.7. The maximum Gasteiger partial charge on any atom is 0.363 e. The summed E-state index contributed by atoms with van der Waals surface area (Å²) < 4.78 is 0. The number of carboxylic acids is 1. The van der Waals surface area contributed by atoms with Crippen molar-refractivity contribution in [2.45, 2.75) is 17.9 Å². The van der Waals surface area contributed by atoms with E-state index in [-0.39, 0.29) is 11.6 Å². The molecular formula is C10H11N3O5S. The Kier molecular flexibility index (Phi) is 5.24. The molecule has 0 unspecified atom stereocenters. The van der Waals surface area contributed by atoms with E-state index < -0.39 is 22.8 Å².